The number of carbonyl (C=O) groups is 1. The van der Waals surface area contributed by atoms with Gasteiger partial charge in [0.15, 0.2) is 0 Å². The quantitative estimate of drug-likeness (QED) is 0.781. The second-order valence-electron chi connectivity index (χ2n) is 4.75. The molecule has 0 bridgehead atoms. The van der Waals surface area contributed by atoms with Crippen molar-refractivity contribution in [2.75, 3.05) is 0 Å². The van der Waals surface area contributed by atoms with Gasteiger partial charge in [-0.1, -0.05) is 0 Å². The highest BCUT2D eigenvalue weighted by Gasteiger charge is 2.44. The van der Waals surface area contributed by atoms with Crippen LogP contribution in [0.1, 0.15) is 33.1 Å². The molecule has 6 heteroatoms. The molecule has 1 rings (SSSR count). The molecule has 0 heterocycles. The van der Waals surface area contributed by atoms with Crippen molar-refractivity contribution >= 4 is 5.91 Å². The molecular weight excluding hydrogens is 221 g/mol. The number of hydrogen-bond acceptors (Lipinski definition) is 2. The van der Waals surface area contributed by atoms with Crippen LogP contribution < -0.4 is 11.1 Å². The lowest BCUT2D eigenvalue weighted by molar-refractivity contribution is -0.142. The summed E-state index contributed by atoms with van der Waals surface area (Å²) in [6, 6.07) is -0.936. The molecule has 1 aliphatic carbocycles. The second-order valence-corrected chi connectivity index (χ2v) is 4.75. The van der Waals surface area contributed by atoms with Crippen LogP contribution in [0.3, 0.4) is 0 Å². The van der Waals surface area contributed by atoms with Crippen LogP contribution in [0.5, 0.6) is 0 Å². The summed E-state index contributed by atoms with van der Waals surface area (Å²) in [5.74, 6) is -0.391. The van der Waals surface area contributed by atoms with Crippen LogP contribution in [-0.4, -0.2) is 23.7 Å². The first-order chi connectivity index (χ1) is 7.13. The fourth-order valence-corrected chi connectivity index (χ4v) is 1.65. The molecule has 1 aliphatic rings. The minimum Gasteiger partial charge on any atom is -0.352 e. The zero-order chi connectivity index (χ0) is 12.6. The topological polar surface area (TPSA) is 55.1 Å². The van der Waals surface area contributed by atoms with E-state index in [0.29, 0.717) is 0 Å². The molecule has 0 saturated heterocycles. The lowest BCUT2D eigenvalue weighted by Crippen LogP contribution is -2.55. The largest absolute Gasteiger partial charge is 0.391 e. The SMILES string of the molecule is CC(CC(F)(F)F)NC(=O)C(C)(N)C1CC1. The molecule has 0 aromatic carbocycles. The Kier molecular flexibility index (Phi) is 3.52. The second kappa shape index (κ2) is 4.24. The van der Waals surface area contributed by atoms with Gasteiger partial charge in [0.25, 0.3) is 0 Å². The smallest absolute Gasteiger partial charge is 0.352 e. The number of amides is 1. The van der Waals surface area contributed by atoms with E-state index in [1.54, 1.807) is 6.92 Å². The molecule has 2 unspecified atom stereocenters. The van der Waals surface area contributed by atoms with Crippen LogP contribution in [0.25, 0.3) is 0 Å². The van der Waals surface area contributed by atoms with Crippen LogP contribution in [0.15, 0.2) is 0 Å². The maximum Gasteiger partial charge on any atom is 0.391 e. The van der Waals surface area contributed by atoms with Crippen molar-refractivity contribution in [2.45, 2.75) is 50.9 Å². The van der Waals surface area contributed by atoms with Crippen molar-refractivity contribution in [3.05, 3.63) is 0 Å². The summed E-state index contributed by atoms with van der Waals surface area (Å²) < 4.78 is 36.1. The average molecular weight is 238 g/mol. The Balaban J connectivity index is 2.44. The molecule has 16 heavy (non-hydrogen) atoms. The molecule has 1 amide bonds. The summed E-state index contributed by atoms with van der Waals surface area (Å²) in [6.45, 7) is 2.90. The van der Waals surface area contributed by atoms with Crippen LogP contribution in [-0.2, 0) is 4.79 Å². The van der Waals surface area contributed by atoms with Gasteiger partial charge in [-0.3, -0.25) is 4.79 Å². The molecule has 94 valence electrons. The number of alkyl halides is 3. The Bertz CT molecular complexity index is 272. The van der Waals surface area contributed by atoms with Gasteiger partial charge in [-0.25, -0.2) is 0 Å². The number of carbonyl (C=O) groups excluding carboxylic acids is 1. The van der Waals surface area contributed by atoms with E-state index in [0.717, 1.165) is 12.8 Å². The normalized spacial score (nSPS) is 22.4. The molecule has 3 nitrogen and oxygen atoms in total. The van der Waals surface area contributed by atoms with Gasteiger partial charge in [0, 0.05) is 6.04 Å². The molecule has 2 atom stereocenters. The fraction of sp³-hybridized carbons (Fsp3) is 0.900. The van der Waals surface area contributed by atoms with Gasteiger partial charge in [0.05, 0.1) is 12.0 Å². The van der Waals surface area contributed by atoms with Crippen LogP contribution >= 0.6 is 0 Å². The molecule has 1 saturated carbocycles. The number of halogens is 3. The number of nitrogens with one attached hydrogen (secondary N) is 1. The maximum absolute atomic E-state index is 12.0. The van der Waals surface area contributed by atoms with Gasteiger partial charge in [-0.15, -0.1) is 0 Å². The monoisotopic (exact) mass is 238 g/mol. The van der Waals surface area contributed by atoms with Gasteiger partial charge >= 0.3 is 6.18 Å². The van der Waals surface area contributed by atoms with Crippen molar-refractivity contribution in [3.8, 4) is 0 Å². The first-order valence-corrected chi connectivity index (χ1v) is 5.29. The summed E-state index contributed by atoms with van der Waals surface area (Å²) in [4.78, 5) is 11.6. The van der Waals surface area contributed by atoms with Gasteiger partial charge in [0.2, 0.25) is 5.91 Å². The van der Waals surface area contributed by atoms with Gasteiger partial charge in [-0.2, -0.15) is 13.2 Å². The molecular formula is C10H17F3N2O. The van der Waals surface area contributed by atoms with E-state index < -0.39 is 30.1 Å². The highest BCUT2D eigenvalue weighted by atomic mass is 19.4. The summed E-state index contributed by atoms with van der Waals surface area (Å²) in [5, 5.41) is 2.31. The van der Waals surface area contributed by atoms with Gasteiger partial charge in [-0.05, 0) is 32.6 Å². The Labute approximate surface area is 92.6 Å². The van der Waals surface area contributed by atoms with Crippen molar-refractivity contribution in [3.63, 3.8) is 0 Å². The molecule has 1 fully saturated rings. The van der Waals surface area contributed by atoms with Gasteiger partial charge < -0.3 is 11.1 Å². The summed E-state index contributed by atoms with van der Waals surface area (Å²) in [5.41, 5.74) is 4.74. The molecule has 0 aromatic heterocycles. The third kappa shape index (κ3) is 3.66. The first kappa shape index (κ1) is 13.3. The average Bonchev–Trinajstić information content (AvgIpc) is 2.80. The van der Waals surface area contributed by atoms with Crippen LogP contribution in [0.2, 0.25) is 0 Å². The highest BCUT2D eigenvalue weighted by molar-refractivity contribution is 5.86. The summed E-state index contributed by atoms with van der Waals surface area (Å²) >= 11 is 0. The van der Waals surface area contributed by atoms with E-state index >= 15 is 0 Å². The minimum absolute atomic E-state index is 0.102. The van der Waals surface area contributed by atoms with Crippen molar-refractivity contribution in [2.24, 2.45) is 11.7 Å². The first-order valence-electron chi connectivity index (χ1n) is 5.29. The maximum atomic E-state index is 12.0. The molecule has 0 spiro atoms. The van der Waals surface area contributed by atoms with E-state index in [1.165, 1.54) is 6.92 Å². The van der Waals surface area contributed by atoms with E-state index in [9.17, 15) is 18.0 Å². The zero-order valence-corrected chi connectivity index (χ0v) is 9.40. The van der Waals surface area contributed by atoms with Gasteiger partial charge in [0.1, 0.15) is 0 Å². The van der Waals surface area contributed by atoms with Crippen molar-refractivity contribution < 1.29 is 18.0 Å². The summed E-state index contributed by atoms with van der Waals surface area (Å²) in [6.07, 6.45) is -3.56. The predicted molar refractivity (Wildman–Crippen MR) is 53.6 cm³/mol. The lowest BCUT2D eigenvalue weighted by atomic mass is 9.95. The number of rotatable bonds is 4. The van der Waals surface area contributed by atoms with Crippen LogP contribution in [0, 0.1) is 5.92 Å². The molecule has 0 aromatic rings. The minimum atomic E-state index is -4.27. The Morgan fingerprint density at radius 3 is 2.38 bits per heavy atom. The lowest BCUT2D eigenvalue weighted by Gasteiger charge is -2.26. The van der Waals surface area contributed by atoms with Crippen molar-refractivity contribution in [1.82, 2.24) is 5.32 Å². The Morgan fingerprint density at radius 2 is 2.00 bits per heavy atom. The van der Waals surface area contributed by atoms with Crippen molar-refractivity contribution in [1.29, 1.82) is 0 Å². The van der Waals surface area contributed by atoms with E-state index in [2.05, 4.69) is 5.32 Å². The predicted octanol–water partition coefficient (Wildman–Crippen LogP) is 1.57. The zero-order valence-electron chi connectivity index (χ0n) is 9.40. The van der Waals surface area contributed by atoms with E-state index in [1.807, 2.05) is 0 Å². The Morgan fingerprint density at radius 1 is 1.50 bits per heavy atom. The van der Waals surface area contributed by atoms with E-state index in [4.69, 9.17) is 5.73 Å². The molecule has 3 N–H and O–H groups in total. The molecule has 0 aliphatic heterocycles. The number of nitrogens with two attached hydrogens (primary N) is 1. The van der Waals surface area contributed by atoms with Crippen LogP contribution in [0.4, 0.5) is 13.2 Å². The third-order valence-corrected chi connectivity index (χ3v) is 2.83. The summed E-state index contributed by atoms with van der Waals surface area (Å²) in [7, 11) is 0. The fourth-order valence-electron chi connectivity index (χ4n) is 1.65. The van der Waals surface area contributed by atoms with E-state index in [-0.39, 0.29) is 5.92 Å². The Hall–Kier alpha value is -0.780. The number of hydrogen-bond donors (Lipinski definition) is 2. The highest BCUT2D eigenvalue weighted by Crippen LogP contribution is 2.38. The molecule has 0 radical (unpaired) electrons. The standard InChI is InChI=1S/C10H17F3N2O/c1-6(5-10(11,12)13)15-8(16)9(2,14)7-3-4-7/h6-7H,3-5,14H2,1-2H3,(H,15,16). The third-order valence-electron chi connectivity index (χ3n) is 2.83.